The predicted molar refractivity (Wildman–Crippen MR) is 156 cm³/mol. The quantitative estimate of drug-likeness (QED) is 0.278. The number of benzene rings is 2. The van der Waals surface area contributed by atoms with Gasteiger partial charge in [0.1, 0.15) is 5.75 Å². The number of likely N-dealkylation sites (tertiary alicyclic amines) is 2. The van der Waals surface area contributed by atoms with Crippen molar-refractivity contribution in [3.05, 3.63) is 63.6 Å². The summed E-state index contributed by atoms with van der Waals surface area (Å²) in [5.41, 5.74) is 1.97. The second kappa shape index (κ2) is 9.99. The normalized spacial score (nSPS) is 32.1. The van der Waals surface area contributed by atoms with E-state index in [9.17, 15) is 29.4 Å². The lowest BCUT2D eigenvalue weighted by molar-refractivity contribution is -0.141. The number of allylic oxidation sites excluding steroid dienone is 2. The number of alkyl halides is 2. The third-order valence-corrected chi connectivity index (χ3v) is 11.3. The molecule has 4 amide bonds. The second-order valence-electron chi connectivity index (χ2n) is 11.3. The number of carbonyl (C=O) groups excluding carboxylic acids is 4. The van der Waals surface area contributed by atoms with Crippen LogP contribution < -0.4 is 4.74 Å². The molecular formula is C30H27BrCl2N2O7. The number of carbonyl (C=O) groups is 4. The fraction of sp³-hybridized carbons (Fsp3) is 0.400. The van der Waals surface area contributed by atoms with Gasteiger partial charge in [0.05, 0.1) is 23.4 Å². The summed E-state index contributed by atoms with van der Waals surface area (Å²) in [6.45, 7) is 0.161. The summed E-state index contributed by atoms with van der Waals surface area (Å²) in [5, 5.41) is 20.1. The number of halogens is 3. The molecule has 2 aliphatic carbocycles. The number of phenolic OH excluding ortho intramolecular Hbond substituents is 2. The molecule has 12 heteroatoms. The number of rotatable bonds is 5. The first-order valence-electron chi connectivity index (χ1n) is 13.4. The maximum Gasteiger partial charge on any atom is 0.253 e. The molecule has 2 heterocycles. The van der Waals surface area contributed by atoms with Crippen LogP contribution in [0.4, 0.5) is 0 Å². The lowest BCUT2D eigenvalue weighted by Crippen LogP contribution is -2.60. The van der Waals surface area contributed by atoms with E-state index in [4.69, 9.17) is 27.9 Å². The van der Waals surface area contributed by atoms with Crippen molar-refractivity contribution in [1.29, 1.82) is 0 Å². The molecular weight excluding hydrogens is 651 g/mol. The van der Waals surface area contributed by atoms with Gasteiger partial charge in [-0.05, 0) is 76.5 Å². The fourth-order valence-electron chi connectivity index (χ4n) is 7.22. The van der Waals surface area contributed by atoms with E-state index < -0.39 is 45.2 Å². The molecule has 4 aliphatic rings. The summed E-state index contributed by atoms with van der Waals surface area (Å²) in [6, 6.07) is 9.71. The molecule has 1 saturated carbocycles. The van der Waals surface area contributed by atoms with Gasteiger partial charge in [-0.25, -0.2) is 0 Å². The molecule has 42 heavy (non-hydrogen) atoms. The summed E-state index contributed by atoms with van der Waals surface area (Å²) in [4.78, 5) is 53.2. The number of ether oxygens (including phenoxy) is 1. The molecule has 0 aromatic heterocycles. The molecule has 220 valence electrons. The van der Waals surface area contributed by atoms with Crippen LogP contribution in [0.5, 0.6) is 17.2 Å². The van der Waals surface area contributed by atoms with Crippen LogP contribution in [-0.2, 0) is 25.6 Å². The van der Waals surface area contributed by atoms with E-state index in [1.54, 1.807) is 36.4 Å². The Balaban J connectivity index is 1.43. The lowest BCUT2D eigenvalue weighted by Gasteiger charge is -2.50. The Hall–Kier alpha value is -3.08. The summed E-state index contributed by atoms with van der Waals surface area (Å²) < 4.78 is 5.64. The standard InChI is InChI=1S/C30H27BrCl2N2O7/c1-34-27(40)29(32)13-19-17(23(30(29,33)28(34)41)15-11-20(31)24(37)21(12-15)42-2)7-8-18-22(19)26(39)35(25(18)38)10-9-14-3-5-16(36)6-4-14/h3-7,11-12,18-19,22-23,36-37H,8-10,13H2,1-2H3. The third-order valence-electron chi connectivity index (χ3n) is 9.27. The Bertz CT molecular complexity index is 1580. The minimum Gasteiger partial charge on any atom is -0.508 e. The number of hydrogen-bond acceptors (Lipinski definition) is 7. The molecule has 0 radical (unpaired) electrons. The average Bonchev–Trinajstić information content (AvgIpc) is 3.28. The van der Waals surface area contributed by atoms with Crippen LogP contribution in [-0.4, -0.2) is 74.1 Å². The van der Waals surface area contributed by atoms with Crippen molar-refractivity contribution in [1.82, 2.24) is 9.80 Å². The van der Waals surface area contributed by atoms with Crippen LogP contribution in [0.25, 0.3) is 0 Å². The van der Waals surface area contributed by atoms with E-state index in [1.165, 1.54) is 19.1 Å². The highest BCUT2D eigenvalue weighted by atomic mass is 79.9. The first-order chi connectivity index (χ1) is 19.8. The summed E-state index contributed by atoms with van der Waals surface area (Å²) >= 11 is 17.7. The van der Waals surface area contributed by atoms with Crippen LogP contribution >= 0.6 is 39.1 Å². The highest BCUT2D eigenvalue weighted by Crippen LogP contribution is 2.65. The molecule has 6 atom stereocenters. The van der Waals surface area contributed by atoms with E-state index in [0.717, 1.165) is 10.5 Å². The number of nitrogens with zero attached hydrogens (tertiary/aromatic N) is 2. The van der Waals surface area contributed by atoms with Gasteiger partial charge in [-0.3, -0.25) is 29.0 Å². The molecule has 0 spiro atoms. The van der Waals surface area contributed by atoms with Gasteiger partial charge in [0.15, 0.2) is 21.2 Å². The zero-order chi connectivity index (χ0) is 30.3. The monoisotopic (exact) mass is 676 g/mol. The van der Waals surface area contributed by atoms with Crippen molar-refractivity contribution in [3.8, 4) is 17.2 Å². The van der Waals surface area contributed by atoms with Crippen molar-refractivity contribution in [2.24, 2.45) is 17.8 Å². The number of aromatic hydroxyl groups is 2. The molecule has 2 N–H and O–H groups in total. The largest absolute Gasteiger partial charge is 0.508 e. The maximum absolute atomic E-state index is 13.9. The van der Waals surface area contributed by atoms with Crippen molar-refractivity contribution >= 4 is 62.8 Å². The zero-order valence-electron chi connectivity index (χ0n) is 22.6. The highest BCUT2D eigenvalue weighted by molar-refractivity contribution is 9.10. The highest BCUT2D eigenvalue weighted by Gasteiger charge is 2.75. The number of hydrogen-bond donors (Lipinski definition) is 2. The Morgan fingerprint density at radius 3 is 2.38 bits per heavy atom. The van der Waals surface area contributed by atoms with Crippen LogP contribution in [0.1, 0.15) is 29.9 Å². The molecule has 6 unspecified atom stereocenters. The fourth-order valence-corrected chi connectivity index (χ4v) is 8.70. The minimum absolute atomic E-state index is 0.0995. The molecule has 2 aromatic rings. The average molecular weight is 678 g/mol. The van der Waals surface area contributed by atoms with Crippen LogP contribution in [0.2, 0.25) is 0 Å². The van der Waals surface area contributed by atoms with Crippen molar-refractivity contribution in [2.75, 3.05) is 20.7 Å². The van der Waals surface area contributed by atoms with Gasteiger partial charge in [0, 0.05) is 19.5 Å². The van der Waals surface area contributed by atoms with E-state index >= 15 is 0 Å². The van der Waals surface area contributed by atoms with E-state index in [2.05, 4.69) is 15.9 Å². The summed E-state index contributed by atoms with van der Waals surface area (Å²) in [5.74, 6) is -4.91. The van der Waals surface area contributed by atoms with Crippen molar-refractivity contribution < 1.29 is 34.1 Å². The van der Waals surface area contributed by atoms with E-state index in [-0.39, 0.29) is 52.9 Å². The van der Waals surface area contributed by atoms with Gasteiger partial charge >= 0.3 is 0 Å². The number of phenols is 2. The number of methoxy groups -OCH3 is 1. The first kappa shape index (κ1) is 29.0. The van der Waals surface area contributed by atoms with Gasteiger partial charge in [-0.2, -0.15) is 0 Å². The Labute approximate surface area is 260 Å². The van der Waals surface area contributed by atoms with Gasteiger partial charge in [-0.1, -0.05) is 23.8 Å². The Morgan fingerprint density at radius 1 is 1.02 bits per heavy atom. The zero-order valence-corrected chi connectivity index (χ0v) is 25.7. The SMILES string of the molecule is COc1cc(C2C3=CCC4C(=O)N(CCc5ccc(O)cc5)C(=O)C4C3CC3(Cl)C(=O)N(C)C(=O)C23Cl)cc(Br)c1O. The number of amides is 4. The van der Waals surface area contributed by atoms with Gasteiger partial charge in [0.25, 0.3) is 11.8 Å². The molecule has 2 saturated heterocycles. The molecule has 0 bridgehead atoms. The van der Waals surface area contributed by atoms with Gasteiger partial charge in [-0.15, -0.1) is 23.2 Å². The molecule has 3 fully saturated rings. The number of imide groups is 2. The Kier molecular flexibility index (Phi) is 6.90. The smallest absolute Gasteiger partial charge is 0.253 e. The lowest BCUT2D eigenvalue weighted by atomic mass is 9.56. The van der Waals surface area contributed by atoms with Crippen LogP contribution in [0, 0.1) is 17.8 Å². The third kappa shape index (κ3) is 3.87. The molecule has 6 rings (SSSR count). The van der Waals surface area contributed by atoms with E-state index in [0.29, 0.717) is 17.6 Å². The minimum atomic E-state index is -1.93. The first-order valence-corrected chi connectivity index (χ1v) is 15.0. The Morgan fingerprint density at radius 2 is 1.71 bits per heavy atom. The predicted octanol–water partition coefficient (Wildman–Crippen LogP) is 4.10. The molecule has 2 aliphatic heterocycles. The summed E-state index contributed by atoms with van der Waals surface area (Å²) in [6.07, 6.45) is 2.42. The topological polar surface area (TPSA) is 124 Å². The molecule has 9 nitrogen and oxygen atoms in total. The van der Waals surface area contributed by atoms with Gasteiger partial charge in [0.2, 0.25) is 11.8 Å². The van der Waals surface area contributed by atoms with Crippen LogP contribution in [0.3, 0.4) is 0 Å². The second-order valence-corrected chi connectivity index (χ2v) is 13.4. The van der Waals surface area contributed by atoms with Crippen molar-refractivity contribution in [3.63, 3.8) is 0 Å². The van der Waals surface area contributed by atoms with Gasteiger partial charge < -0.3 is 14.9 Å². The van der Waals surface area contributed by atoms with Crippen molar-refractivity contribution in [2.45, 2.75) is 34.9 Å². The van der Waals surface area contributed by atoms with Crippen LogP contribution in [0.15, 0.2) is 52.5 Å². The maximum atomic E-state index is 13.9. The molecule has 2 aromatic carbocycles. The van der Waals surface area contributed by atoms with E-state index in [1.807, 2.05) is 6.08 Å². The summed E-state index contributed by atoms with van der Waals surface area (Å²) in [7, 11) is 2.72. The number of fused-ring (bicyclic) bond motifs is 4.